The number of hydrogen-bond acceptors (Lipinski definition) is 3. The summed E-state index contributed by atoms with van der Waals surface area (Å²) in [5.74, 6) is 1.09. The van der Waals surface area contributed by atoms with Gasteiger partial charge in [0.05, 0.1) is 11.2 Å². The van der Waals surface area contributed by atoms with Gasteiger partial charge in [0.1, 0.15) is 6.67 Å². The maximum absolute atomic E-state index is 13.1. The van der Waals surface area contributed by atoms with Crippen molar-refractivity contribution in [3.05, 3.63) is 65.5 Å². The highest BCUT2D eigenvalue weighted by atomic mass is 19.1. The summed E-state index contributed by atoms with van der Waals surface area (Å²) < 4.78 is 20.5. The average Bonchev–Trinajstić information content (AvgIpc) is 3.38. The predicted molar refractivity (Wildman–Crippen MR) is 138 cm³/mol. The predicted octanol–water partition coefficient (Wildman–Crippen LogP) is 6.75. The molecule has 5 aliphatic rings. The fourth-order valence-corrected chi connectivity index (χ4v) is 8.94. The third kappa shape index (κ3) is 3.05. The molecule has 35 heavy (non-hydrogen) atoms. The molecule has 2 aromatic rings. The van der Waals surface area contributed by atoms with Crippen LogP contribution in [0.1, 0.15) is 69.8 Å². The van der Waals surface area contributed by atoms with Gasteiger partial charge >= 0.3 is 0 Å². The molecular weight excluding hydrogens is 435 g/mol. The smallest absolute Gasteiger partial charge is 0.102 e. The van der Waals surface area contributed by atoms with Gasteiger partial charge in [-0.3, -0.25) is 4.98 Å². The minimum absolute atomic E-state index is 0.129. The number of hydrogen-bond donors (Lipinski definition) is 0. The lowest BCUT2D eigenvalue weighted by Crippen LogP contribution is -2.55. The molecular formula is C31H37FN2O. The Morgan fingerprint density at radius 3 is 2.94 bits per heavy atom. The summed E-state index contributed by atoms with van der Waals surface area (Å²) in [4.78, 5) is 6.60. The Labute approximate surface area is 208 Å². The highest BCUT2D eigenvalue weighted by molar-refractivity contribution is 5.82. The third-order valence-corrected chi connectivity index (χ3v) is 10.8. The van der Waals surface area contributed by atoms with Crippen LogP contribution in [-0.2, 0) is 4.74 Å². The topological polar surface area (TPSA) is 25.4 Å². The van der Waals surface area contributed by atoms with Gasteiger partial charge in [-0.2, -0.15) is 0 Å². The zero-order valence-corrected chi connectivity index (χ0v) is 21.1. The number of aromatic nitrogens is 1. The number of ether oxygens (including phenoxy) is 1. The fraction of sp³-hybridized carbons (Fsp3) is 0.581. The molecule has 1 aromatic heterocycles. The first kappa shape index (κ1) is 22.2. The molecule has 0 N–H and O–H groups in total. The Kier molecular flexibility index (Phi) is 4.90. The van der Waals surface area contributed by atoms with Crippen LogP contribution in [0.5, 0.6) is 0 Å². The lowest BCUT2D eigenvalue weighted by molar-refractivity contribution is -0.140. The molecule has 7 rings (SSSR count). The van der Waals surface area contributed by atoms with Gasteiger partial charge in [0.15, 0.2) is 0 Å². The number of alkyl halides is 1. The van der Waals surface area contributed by atoms with E-state index in [-0.39, 0.29) is 23.3 Å². The molecule has 3 fully saturated rings. The maximum Gasteiger partial charge on any atom is 0.102 e. The van der Waals surface area contributed by atoms with Gasteiger partial charge in [0, 0.05) is 30.4 Å². The van der Waals surface area contributed by atoms with Gasteiger partial charge in [-0.1, -0.05) is 31.2 Å². The van der Waals surface area contributed by atoms with Crippen molar-refractivity contribution in [2.45, 2.75) is 81.5 Å². The summed E-state index contributed by atoms with van der Waals surface area (Å²) in [6, 6.07) is 9.55. The lowest BCUT2D eigenvalue weighted by atomic mass is 9.58. The van der Waals surface area contributed by atoms with Crippen LogP contribution in [0.15, 0.2) is 60.0 Å². The first-order valence-electron chi connectivity index (χ1n) is 13.7. The molecule has 1 aromatic carbocycles. The zero-order chi connectivity index (χ0) is 23.8. The molecule has 1 saturated heterocycles. The van der Waals surface area contributed by atoms with E-state index in [1.54, 1.807) is 0 Å². The van der Waals surface area contributed by atoms with Gasteiger partial charge in [0.25, 0.3) is 0 Å². The van der Waals surface area contributed by atoms with E-state index in [4.69, 9.17) is 4.74 Å². The molecule has 2 saturated carbocycles. The zero-order valence-electron chi connectivity index (χ0n) is 21.1. The van der Waals surface area contributed by atoms with Gasteiger partial charge in [-0.25, -0.2) is 4.39 Å². The number of pyridine rings is 1. The number of rotatable bonds is 4. The highest BCUT2D eigenvalue weighted by Gasteiger charge is 2.66. The Morgan fingerprint density at radius 2 is 2.06 bits per heavy atom. The molecule has 4 heteroatoms. The Balaban J connectivity index is 1.24. The maximum atomic E-state index is 13.1. The van der Waals surface area contributed by atoms with Crippen LogP contribution >= 0.6 is 0 Å². The average molecular weight is 473 g/mol. The van der Waals surface area contributed by atoms with Crippen molar-refractivity contribution in [1.29, 1.82) is 0 Å². The summed E-state index contributed by atoms with van der Waals surface area (Å²) in [5, 5.41) is 2.51. The van der Waals surface area contributed by atoms with Crippen LogP contribution in [0.4, 0.5) is 4.39 Å². The standard InChI is InChI=1S/C31H37FN2O/c1-29-11-9-25-18-24-5-6-26(34(2)16-14-32)19-30(24)12-13-31(25,35-30)28(29)8-7-27(29)22-4-3-21-10-15-33-20-23(21)17-22/h3-4,9-10,15,17-18,20,26-28H,5-8,11-14,16,19H2,1-2H3/t26?,27-,28-,29-,30-,31-/m1/s1. The van der Waals surface area contributed by atoms with Gasteiger partial charge in [-0.15, -0.1) is 0 Å². The van der Waals surface area contributed by atoms with Gasteiger partial charge < -0.3 is 9.64 Å². The molecule has 0 amide bonds. The summed E-state index contributed by atoms with van der Waals surface area (Å²) in [6.07, 6.45) is 18.0. The number of nitrogens with zero attached hydrogens (tertiary/aromatic N) is 2. The van der Waals surface area contributed by atoms with Crippen LogP contribution in [-0.4, -0.2) is 47.4 Å². The molecule has 0 radical (unpaired) electrons. The minimum atomic E-state index is -0.271. The summed E-state index contributed by atoms with van der Waals surface area (Å²) in [7, 11) is 2.09. The molecule has 2 spiro atoms. The van der Waals surface area contributed by atoms with E-state index in [1.165, 1.54) is 40.3 Å². The molecule has 1 unspecified atom stereocenters. The van der Waals surface area contributed by atoms with E-state index in [2.05, 4.69) is 60.3 Å². The summed E-state index contributed by atoms with van der Waals surface area (Å²) in [6.45, 7) is 2.80. The first-order valence-corrected chi connectivity index (χ1v) is 13.7. The van der Waals surface area contributed by atoms with Crippen LogP contribution in [0, 0.1) is 11.3 Å². The van der Waals surface area contributed by atoms with Crippen molar-refractivity contribution < 1.29 is 9.13 Å². The monoisotopic (exact) mass is 472 g/mol. The van der Waals surface area contributed by atoms with E-state index in [1.807, 2.05) is 12.4 Å². The second-order valence-corrected chi connectivity index (χ2v) is 12.3. The molecule has 2 aliphatic heterocycles. The van der Waals surface area contributed by atoms with E-state index in [9.17, 15) is 4.39 Å². The van der Waals surface area contributed by atoms with Gasteiger partial charge in [-0.05, 0) is 110 Å². The van der Waals surface area contributed by atoms with Crippen molar-refractivity contribution in [3.63, 3.8) is 0 Å². The van der Waals surface area contributed by atoms with Crippen molar-refractivity contribution in [3.8, 4) is 0 Å². The van der Waals surface area contributed by atoms with E-state index in [0.717, 1.165) is 38.5 Å². The lowest BCUT2D eigenvalue weighted by Gasteiger charge is -2.55. The molecule has 2 bridgehead atoms. The Hall–Kier alpha value is -2.04. The normalized spacial score (nSPS) is 39.7. The van der Waals surface area contributed by atoms with Crippen molar-refractivity contribution in [1.82, 2.24) is 9.88 Å². The number of benzene rings is 1. The number of fused-ring (bicyclic) bond motifs is 2. The molecule has 3 heterocycles. The van der Waals surface area contributed by atoms with E-state index >= 15 is 0 Å². The minimum Gasteiger partial charge on any atom is -0.359 e. The van der Waals surface area contributed by atoms with Crippen molar-refractivity contribution >= 4 is 10.8 Å². The largest absolute Gasteiger partial charge is 0.359 e. The summed E-state index contributed by atoms with van der Waals surface area (Å²) in [5.41, 5.74) is 4.40. The molecule has 184 valence electrons. The second-order valence-electron chi connectivity index (χ2n) is 12.3. The summed E-state index contributed by atoms with van der Waals surface area (Å²) >= 11 is 0. The fourth-order valence-electron chi connectivity index (χ4n) is 8.94. The van der Waals surface area contributed by atoms with Crippen LogP contribution in [0.2, 0.25) is 0 Å². The van der Waals surface area contributed by atoms with Crippen molar-refractivity contribution in [2.24, 2.45) is 11.3 Å². The number of allylic oxidation sites excluding steroid dienone is 1. The third-order valence-electron chi connectivity index (χ3n) is 10.8. The molecule has 3 nitrogen and oxygen atoms in total. The second kappa shape index (κ2) is 7.73. The Bertz CT molecular complexity index is 1240. The highest BCUT2D eigenvalue weighted by Crippen LogP contribution is 2.69. The Morgan fingerprint density at radius 1 is 1.14 bits per heavy atom. The molecule has 3 aliphatic carbocycles. The van der Waals surface area contributed by atoms with Gasteiger partial charge in [0.2, 0.25) is 0 Å². The van der Waals surface area contributed by atoms with Crippen LogP contribution in [0.25, 0.3) is 10.8 Å². The molecule has 6 atom stereocenters. The van der Waals surface area contributed by atoms with E-state index in [0.29, 0.717) is 24.4 Å². The van der Waals surface area contributed by atoms with Crippen LogP contribution in [0.3, 0.4) is 0 Å². The first-order chi connectivity index (χ1) is 17.0. The number of halogens is 1. The van der Waals surface area contributed by atoms with Crippen molar-refractivity contribution in [2.75, 3.05) is 20.3 Å². The van der Waals surface area contributed by atoms with Crippen LogP contribution < -0.4 is 0 Å². The van der Waals surface area contributed by atoms with E-state index < -0.39 is 0 Å². The quantitative estimate of drug-likeness (QED) is 0.492. The SMILES string of the molecule is CN(CCF)C1CCC2=CC3=CC[C@]4(C)[C@@H](c5ccc6ccncc6c5)CC[C@H]4[C@@]34CC[C@]2(C1)O4.